The van der Waals surface area contributed by atoms with Crippen LogP contribution in [0.4, 0.5) is 0 Å². The molecule has 2 atom stereocenters. The van der Waals surface area contributed by atoms with E-state index >= 15 is 0 Å². The van der Waals surface area contributed by atoms with Crippen molar-refractivity contribution in [3.05, 3.63) is 11.6 Å². The molecule has 3 heteroatoms. The van der Waals surface area contributed by atoms with Gasteiger partial charge in [-0.3, -0.25) is 4.90 Å². The Labute approximate surface area is 85.8 Å². The van der Waals surface area contributed by atoms with Gasteiger partial charge in [-0.2, -0.15) is 0 Å². The predicted octanol–water partition coefficient (Wildman–Crippen LogP) is 0.361. The van der Waals surface area contributed by atoms with E-state index in [1.54, 1.807) is 0 Å². The van der Waals surface area contributed by atoms with Gasteiger partial charge in [-0.1, -0.05) is 11.6 Å². The van der Waals surface area contributed by atoms with Gasteiger partial charge in [0.1, 0.15) is 0 Å². The Morgan fingerprint density at radius 1 is 1.64 bits per heavy atom. The minimum absolute atomic E-state index is 0.123. The summed E-state index contributed by atoms with van der Waals surface area (Å²) in [5.74, 6) is 0. The number of rotatable bonds is 2. The van der Waals surface area contributed by atoms with Crippen molar-refractivity contribution in [1.82, 2.24) is 10.2 Å². The Morgan fingerprint density at radius 3 is 3.07 bits per heavy atom. The van der Waals surface area contributed by atoms with Crippen molar-refractivity contribution in [3.8, 4) is 0 Å². The van der Waals surface area contributed by atoms with Gasteiger partial charge in [0, 0.05) is 32.2 Å². The first-order valence-corrected chi connectivity index (χ1v) is 5.53. The molecular weight excluding hydrogens is 176 g/mol. The summed E-state index contributed by atoms with van der Waals surface area (Å²) < 4.78 is 0. The summed E-state index contributed by atoms with van der Waals surface area (Å²) in [6, 6.07) is 0.497. The maximum atomic E-state index is 9.38. The van der Waals surface area contributed by atoms with Gasteiger partial charge in [-0.25, -0.2) is 0 Å². The Bertz CT molecular complexity index is 227. The second-order valence-electron chi connectivity index (χ2n) is 4.55. The molecule has 0 aliphatic carbocycles. The first kappa shape index (κ1) is 10.1. The summed E-state index contributed by atoms with van der Waals surface area (Å²) in [6.07, 6.45) is 4.31. The molecule has 0 amide bonds. The molecule has 80 valence electrons. The third kappa shape index (κ3) is 2.56. The Kier molecular flexibility index (Phi) is 3.21. The van der Waals surface area contributed by atoms with E-state index < -0.39 is 0 Å². The van der Waals surface area contributed by atoms with E-state index in [1.807, 2.05) is 0 Å². The second-order valence-corrected chi connectivity index (χ2v) is 4.55. The van der Waals surface area contributed by atoms with Gasteiger partial charge in [-0.05, 0) is 19.8 Å². The fraction of sp³-hybridized carbons (Fsp3) is 0.818. The van der Waals surface area contributed by atoms with Gasteiger partial charge < -0.3 is 10.4 Å². The number of nitrogens with one attached hydrogen (secondary N) is 1. The highest BCUT2D eigenvalue weighted by Crippen LogP contribution is 2.13. The molecule has 0 bridgehead atoms. The maximum absolute atomic E-state index is 9.38. The molecule has 2 aliphatic heterocycles. The molecule has 2 aliphatic rings. The van der Waals surface area contributed by atoms with Gasteiger partial charge in [0.25, 0.3) is 0 Å². The lowest BCUT2D eigenvalue weighted by molar-refractivity contribution is 0.188. The molecule has 0 spiro atoms. The predicted molar refractivity (Wildman–Crippen MR) is 57.2 cm³/mol. The van der Waals surface area contributed by atoms with Crippen molar-refractivity contribution >= 4 is 0 Å². The largest absolute Gasteiger partial charge is 0.392 e. The summed E-state index contributed by atoms with van der Waals surface area (Å²) in [7, 11) is 0. The average Bonchev–Trinajstić information content (AvgIpc) is 2.56. The van der Waals surface area contributed by atoms with Crippen LogP contribution in [0.1, 0.15) is 19.8 Å². The summed E-state index contributed by atoms with van der Waals surface area (Å²) in [6.45, 7) is 6.32. The van der Waals surface area contributed by atoms with Gasteiger partial charge in [0.2, 0.25) is 0 Å². The van der Waals surface area contributed by atoms with Crippen LogP contribution in [-0.2, 0) is 0 Å². The first-order chi connectivity index (χ1) is 6.74. The zero-order valence-corrected chi connectivity index (χ0v) is 8.87. The van der Waals surface area contributed by atoms with Crippen LogP contribution < -0.4 is 5.32 Å². The van der Waals surface area contributed by atoms with E-state index in [1.165, 1.54) is 18.5 Å². The van der Waals surface area contributed by atoms with Crippen molar-refractivity contribution in [2.45, 2.75) is 31.9 Å². The molecule has 1 fully saturated rings. The summed E-state index contributed by atoms with van der Waals surface area (Å²) in [5, 5.41) is 12.7. The lowest BCUT2D eigenvalue weighted by Gasteiger charge is -2.27. The third-order valence-corrected chi connectivity index (χ3v) is 3.20. The van der Waals surface area contributed by atoms with Crippen LogP contribution in [0.3, 0.4) is 0 Å². The average molecular weight is 196 g/mol. The van der Waals surface area contributed by atoms with E-state index in [9.17, 15) is 5.11 Å². The molecule has 0 aromatic carbocycles. The Balaban J connectivity index is 1.76. The minimum atomic E-state index is -0.123. The van der Waals surface area contributed by atoms with Gasteiger partial charge >= 0.3 is 0 Å². The van der Waals surface area contributed by atoms with E-state index in [0.717, 1.165) is 26.1 Å². The molecule has 2 heterocycles. The number of hydrogen-bond donors (Lipinski definition) is 2. The normalized spacial score (nSPS) is 34.6. The van der Waals surface area contributed by atoms with Crippen LogP contribution >= 0.6 is 0 Å². The van der Waals surface area contributed by atoms with Crippen molar-refractivity contribution in [2.24, 2.45) is 0 Å². The molecule has 0 saturated carbocycles. The zero-order valence-electron chi connectivity index (χ0n) is 8.87. The second kappa shape index (κ2) is 4.43. The molecule has 2 N–H and O–H groups in total. The SMILES string of the molecule is CC1=CCN(CC2CC(O)CN2)CC1. The van der Waals surface area contributed by atoms with Crippen LogP contribution in [0, 0.1) is 0 Å². The lowest BCUT2D eigenvalue weighted by atomic mass is 10.1. The smallest absolute Gasteiger partial charge is 0.0680 e. The van der Waals surface area contributed by atoms with E-state index in [2.05, 4.69) is 23.2 Å². The highest BCUT2D eigenvalue weighted by atomic mass is 16.3. The zero-order chi connectivity index (χ0) is 9.97. The minimum Gasteiger partial charge on any atom is -0.392 e. The molecule has 3 nitrogen and oxygen atoms in total. The van der Waals surface area contributed by atoms with Crippen LogP contribution in [0.25, 0.3) is 0 Å². The summed E-state index contributed by atoms with van der Waals surface area (Å²) in [5.41, 5.74) is 1.51. The lowest BCUT2D eigenvalue weighted by Crippen LogP contribution is -2.39. The van der Waals surface area contributed by atoms with Crippen molar-refractivity contribution in [1.29, 1.82) is 0 Å². The van der Waals surface area contributed by atoms with E-state index in [-0.39, 0.29) is 6.10 Å². The highest BCUT2D eigenvalue weighted by Gasteiger charge is 2.24. The van der Waals surface area contributed by atoms with Gasteiger partial charge in [0.05, 0.1) is 6.10 Å². The van der Waals surface area contributed by atoms with Crippen LogP contribution in [0.15, 0.2) is 11.6 Å². The van der Waals surface area contributed by atoms with Gasteiger partial charge in [0.15, 0.2) is 0 Å². The van der Waals surface area contributed by atoms with Crippen molar-refractivity contribution in [2.75, 3.05) is 26.2 Å². The highest BCUT2D eigenvalue weighted by molar-refractivity contribution is 5.04. The van der Waals surface area contributed by atoms with Crippen molar-refractivity contribution in [3.63, 3.8) is 0 Å². The Morgan fingerprint density at radius 2 is 2.50 bits per heavy atom. The summed E-state index contributed by atoms with van der Waals surface area (Å²) >= 11 is 0. The van der Waals surface area contributed by atoms with Gasteiger partial charge in [-0.15, -0.1) is 0 Å². The number of aliphatic hydroxyl groups excluding tert-OH is 1. The van der Waals surface area contributed by atoms with Crippen LogP contribution in [-0.4, -0.2) is 48.3 Å². The molecule has 14 heavy (non-hydrogen) atoms. The van der Waals surface area contributed by atoms with E-state index in [0.29, 0.717) is 6.04 Å². The molecule has 1 saturated heterocycles. The summed E-state index contributed by atoms with van der Waals surface area (Å²) in [4.78, 5) is 2.46. The monoisotopic (exact) mass is 196 g/mol. The number of β-amino-alcohol motifs (C(OH)–C–C–N with tert-alkyl or cyclic N) is 1. The molecule has 0 radical (unpaired) electrons. The van der Waals surface area contributed by atoms with Crippen LogP contribution in [0.5, 0.6) is 0 Å². The quantitative estimate of drug-likeness (QED) is 0.626. The van der Waals surface area contributed by atoms with E-state index in [4.69, 9.17) is 0 Å². The molecular formula is C11H20N2O. The maximum Gasteiger partial charge on any atom is 0.0680 e. The number of hydrogen-bond acceptors (Lipinski definition) is 3. The number of aliphatic hydroxyl groups is 1. The first-order valence-electron chi connectivity index (χ1n) is 5.53. The standard InChI is InChI=1S/C11H20N2O/c1-9-2-4-13(5-3-9)8-10-6-11(14)7-12-10/h2,10-12,14H,3-8H2,1H3. The van der Waals surface area contributed by atoms with Crippen LogP contribution in [0.2, 0.25) is 0 Å². The Hall–Kier alpha value is -0.380. The fourth-order valence-electron chi connectivity index (χ4n) is 2.23. The van der Waals surface area contributed by atoms with Crippen molar-refractivity contribution < 1.29 is 5.11 Å². The molecule has 2 unspecified atom stereocenters. The number of nitrogens with zero attached hydrogens (tertiary/aromatic N) is 1. The third-order valence-electron chi connectivity index (χ3n) is 3.20. The molecule has 0 aromatic heterocycles. The topological polar surface area (TPSA) is 35.5 Å². The fourth-order valence-corrected chi connectivity index (χ4v) is 2.23. The molecule has 0 aromatic rings. The molecule has 2 rings (SSSR count).